The summed E-state index contributed by atoms with van der Waals surface area (Å²) in [5.74, 6) is 0.196. The third-order valence-corrected chi connectivity index (χ3v) is 1.52. The summed E-state index contributed by atoms with van der Waals surface area (Å²) in [5.41, 5.74) is 1.14. The van der Waals surface area contributed by atoms with Gasteiger partial charge in [0.15, 0.2) is 0 Å². The van der Waals surface area contributed by atoms with Crippen LogP contribution in [-0.2, 0) is 4.79 Å². The number of ketones is 1. The molecule has 0 aromatic heterocycles. The molecule has 1 aromatic carbocycles. The van der Waals surface area contributed by atoms with Gasteiger partial charge in [-0.2, -0.15) is 0 Å². The molecule has 1 nitrogen and oxygen atoms in total. The van der Waals surface area contributed by atoms with E-state index in [2.05, 4.69) is 0 Å². The molecule has 0 saturated carbocycles. The molecule has 0 bridgehead atoms. The van der Waals surface area contributed by atoms with E-state index in [4.69, 9.17) is 0 Å². The van der Waals surface area contributed by atoms with Crippen LogP contribution in [-0.4, -0.2) is 5.78 Å². The Balaban J connectivity index is 2.52. The van der Waals surface area contributed by atoms with E-state index in [1.54, 1.807) is 6.92 Å². The first-order valence-electron chi connectivity index (χ1n) is 4.00. The van der Waals surface area contributed by atoms with E-state index in [-0.39, 0.29) is 5.78 Å². The molecule has 0 unspecified atom stereocenters. The Labute approximate surface area is 72.7 Å². The van der Waals surface area contributed by atoms with Crippen LogP contribution in [0.25, 0.3) is 6.08 Å². The second-order valence-corrected chi connectivity index (χ2v) is 2.72. The van der Waals surface area contributed by atoms with Gasteiger partial charge < -0.3 is 0 Å². The van der Waals surface area contributed by atoms with Crippen molar-refractivity contribution in [3.63, 3.8) is 0 Å². The minimum atomic E-state index is 0.196. The molecule has 0 heterocycles. The lowest BCUT2D eigenvalue weighted by atomic mass is 10.2. The fourth-order valence-electron chi connectivity index (χ4n) is 0.925. The molecule has 62 valence electrons. The van der Waals surface area contributed by atoms with Crippen LogP contribution in [0.15, 0.2) is 36.4 Å². The zero-order chi connectivity index (χ0) is 8.81. The van der Waals surface area contributed by atoms with Crippen molar-refractivity contribution in [2.45, 2.75) is 13.3 Å². The first kappa shape index (κ1) is 8.72. The molecular weight excluding hydrogens is 148 g/mol. The predicted molar refractivity (Wildman–Crippen MR) is 50.8 cm³/mol. The van der Waals surface area contributed by atoms with Gasteiger partial charge in [-0.25, -0.2) is 0 Å². The van der Waals surface area contributed by atoms with Crippen molar-refractivity contribution in [2.24, 2.45) is 0 Å². The number of rotatable bonds is 3. The Morgan fingerprint density at radius 3 is 2.58 bits per heavy atom. The van der Waals surface area contributed by atoms with Crippen LogP contribution in [0.1, 0.15) is 18.9 Å². The van der Waals surface area contributed by atoms with Crippen molar-refractivity contribution in [3.8, 4) is 0 Å². The highest BCUT2D eigenvalue weighted by Gasteiger charge is 1.86. The van der Waals surface area contributed by atoms with Crippen molar-refractivity contribution in [3.05, 3.63) is 42.0 Å². The molecule has 0 aliphatic rings. The average molecular weight is 160 g/mol. The van der Waals surface area contributed by atoms with Crippen molar-refractivity contribution in [1.82, 2.24) is 0 Å². The number of benzene rings is 1. The molecule has 0 amide bonds. The van der Waals surface area contributed by atoms with Crippen LogP contribution in [0.4, 0.5) is 0 Å². The Bertz CT molecular complexity index is 272. The van der Waals surface area contributed by atoms with Crippen molar-refractivity contribution in [2.75, 3.05) is 0 Å². The molecule has 0 saturated heterocycles. The van der Waals surface area contributed by atoms with Crippen LogP contribution < -0.4 is 0 Å². The number of carbonyl (C=O) groups is 1. The average Bonchev–Trinajstić information content (AvgIpc) is 2.05. The van der Waals surface area contributed by atoms with E-state index in [0.29, 0.717) is 6.42 Å². The summed E-state index contributed by atoms with van der Waals surface area (Å²) >= 11 is 0. The third kappa shape index (κ3) is 3.15. The van der Waals surface area contributed by atoms with E-state index in [1.165, 1.54) is 0 Å². The number of allylic oxidation sites excluding steroid dienone is 1. The normalized spacial score (nSPS) is 10.4. The molecule has 0 atom stereocenters. The first-order valence-corrected chi connectivity index (χ1v) is 4.00. The fourth-order valence-corrected chi connectivity index (χ4v) is 0.925. The van der Waals surface area contributed by atoms with Crippen LogP contribution >= 0.6 is 0 Å². The lowest BCUT2D eigenvalue weighted by Crippen LogP contribution is -1.83. The molecule has 0 fully saturated rings. The summed E-state index contributed by atoms with van der Waals surface area (Å²) in [5, 5.41) is 0. The lowest BCUT2D eigenvalue weighted by Gasteiger charge is -1.89. The highest BCUT2D eigenvalue weighted by Crippen LogP contribution is 2.01. The lowest BCUT2D eigenvalue weighted by molar-refractivity contribution is -0.116. The number of carbonyl (C=O) groups excluding carboxylic acids is 1. The highest BCUT2D eigenvalue weighted by atomic mass is 16.1. The van der Waals surface area contributed by atoms with Gasteiger partial charge in [-0.1, -0.05) is 42.5 Å². The van der Waals surface area contributed by atoms with Crippen LogP contribution in [0.5, 0.6) is 0 Å². The van der Waals surface area contributed by atoms with Crippen molar-refractivity contribution in [1.29, 1.82) is 0 Å². The summed E-state index contributed by atoms with van der Waals surface area (Å²) < 4.78 is 0. The minimum Gasteiger partial charge on any atom is -0.300 e. The van der Waals surface area contributed by atoms with Crippen LogP contribution in [0.2, 0.25) is 0 Å². The number of Topliss-reactive ketones (excluding diaryl/α,β-unsaturated/α-hetero) is 1. The van der Waals surface area contributed by atoms with Crippen LogP contribution in [0.3, 0.4) is 0 Å². The fraction of sp³-hybridized carbons (Fsp3) is 0.182. The van der Waals surface area contributed by atoms with E-state index >= 15 is 0 Å². The van der Waals surface area contributed by atoms with Gasteiger partial charge in [0.25, 0.3) is 0 Å². The number of hydrogen-bond acceptors (Lipinski definition) is 1. The topological polar surface area (TPSA) is 17.1 Å². The van der Waals surface area contributed by atoms with Gasteiger partial charge >= 0.3 is 0 Å². The number of hydrogen-bond donors (Lipinski definition) is 0. The quantitative estimate of drug-likeness (QED) is 0.664. The Hall–Kier alpha value is -1.37. The zero-order valence-electron chi connectivity index (χ0n) is 7.16. The molecular formula is C11H12O. The van der Waals surface area contributed by atoms with Gasteiger partial charge in [-0.05, 0) is 12.5 Å². The highest BCUT2D eigenvalue weighted by molar-refractivity contribution is 5.78. The molecule has 12 heavy (non-hydrogen) atoms. The molecule has 0 radical (unpaired) electrons. The second-order valence-electron chi connectivity index (χ2n) is 2.72. The second kappa shape index (κ2) is 4.50. The molecule has 1 heteroatoms. The molecule has 0 aliphatic carbocycles. The van der Waals surface area contributed by atoms with Crippen molar-refractivity contribution < 1.29 is 4.79 Å². The summed E-state index contributed by atoms with van der Waals surface area (Å²) in [6.45, 7) is 1.59. The van der Waals surface area contributed by atoms with E-state index in [1.807, 2.05) is 42.5 Å². The molecule has 0 N–H and O–H groups in total. The van der Waals surface area contributed by atoms with Crippen LogP contribution in [0, 0.1) is 0 Å². The zero-order valence-corrected chi connectivity index (χ0v) is 7.16. The Morgan fingerprint density at radius 2 is 2.00 bits per heavy atom. The summed E-state index contributed by atoms with van der Waals surface area (Å²) in [4.78, 5) is 10.6. The van der Waals surface area contributed by atoms with E-state index in [0.717, 1.165) is 5.56 Å². The maximum Gasteiger partial charge on any atom is 0.133 e. The Kier molecular flexibility index (Phi) is 3.27. The molecule has 1 rings (SSSR count). The smallest absolute Gasteiger partial charge is 0.133 e. The van der Waals surface area contributed by atoms with Gasteiger partial charge in [0.05, 0.1) is 0 Å². The van der Waals surface area contributed by atoms with Gasteiger partial charge in [-0.3, -0.25) is 4.79 Å². The monoisotopic (exact) mass is 160 g/mol. The van der Waals surface area contributed by atoms with Gasteiger partial charge in [0.2, 0.25) is 0 Å². The predicted octanol–water partition coefficient (Wildman–Crippen LogP) is 2.68. The van der Waals surface area contributed by atoms with E-state index < -0.39 is 0 Å². The third-order valence-electron chi connectivity index (χ3n) is 1.52. The molecule has 0 spiro atoms. The minimum absolute atomic E-state index is 0.196. The maximum atomic E-state index is 10.6. The first-order chi connectivity index (χ1) is 5.79. The standard InChI is InChI=1S/C11H12O/c1-10(12)6-5-9-11-7-3-2-4-8-11/h2-5,7-9H,6H2,1H3/b9-5-. The molecule has 0 aliphatic heterocycles. The summed E-state index contributed by atoms with van der Waals surface area (Å²) in [6.07, 6.45) is 4.37. The Morgan fingerprint density at radius 1 is 1.33 bits per heavy atom. The largest absolute Gasteiger partial charge is 0.300 e. The van der Waals surface area contributed by atoms with Gasteiger partial charge in [-0.15, -0.1) is 0 Å². The van der Waals surface area contributed by atoms with Crippen molar-refractivity contribution >= 4 is 11.9 Å². The maximum absolute atomic E-state index is 10.6. The van der Waals surface area contributed by atoms with E-state index in [9.17, 15) is 4.79 Å². The molecule has 1 aromatic rings. The summed E-state index contributed by atoms with van der Waals surface area (Å²) in [6, 6.07) is 9.95. The van der Waals surface area contributed by atoms with Gasteiger partial charge in [0, 0.05) is 6.42 Å². The van der Waals surface area contributed by atoms with Gasteiger partial charge in [0.1, 0.15) is 5.78 Å². The summed E-state index contributed by atoms with van der Waals surface area (Å²) in [7, 11) is 0. The SMILES string of the molecule is CC(=O)C/C=C\c1ccccc1.